The van der Waals surface area contributed by atoms with Crippen molar-refractivity contribution in [2.45, 2.75) is 72.3 Å². The maximum Gasteiger partial charge on any atom is 0.314 e. The van der Waals surface area contributed by atoms with Gasteiger partial charge in [0.25, 0.3) is 0 Å². The highest BCUT2D eigenvalue weighted by atomic mass is 16.5. The summed E-state index contributed by atoms with van der Waals surface area (Å²) in [6.07, 6.45) is 5.91. The Labute approximate surface area is 178 Å². The van der Waals surface area contributed by atoms with Gasteiger partial charge in [0.15, 0.2) is 5.78 Å². The minimum absolute atomic E-state index is 0.00516. The topological polar surface area (TPSA) is 76.7 Å². The summed E-state index contributed by atoms with van der Waals surface area (Å²) in [5, 5.41) is 11.3. The zero-order valence-electron chi connectivity index (χ0n) is 18.7. The first-order chi connectivity index (χ1) is 14.1. The van der Waals surface area contributed by atoms with Gasteiger partial charge in [0.1, 0.15) is 18.5 Å². The summed E-state index contributed by atoms with van der Waals surface area (Å²) in [4.78, 5) is 26.7. The molecule has 1 N–H and O–H groups in total. The molecule has 3 aliphatic rings. The van der Waals surface area contributed by atoms with Gasteiger partial charge in [-0.1, -0.05) is 32.8 Å². The molecule has 164 valence electrons. The number of ether oxygens (including phenoxy) is 1. The quantitative estimate of drug-likeness (QED) is 0.585. The van der Waals surface area contributed by atoms with Crippen LogP contribution in [0.2, 0.25) is 0 Å². The smallest absolute Gasteiger partial charge is 0.314 e. The van der Waals surface area contributed by atoms with Crippen molar-refractivity contribution in [1.82, 2.24) is 0 Å². The molecule has 0 radical (unpaired) electrons. The van der Waals surface area contributed by atoms with E-state index in [4.69, 9.17) is 9.15 Å². The van der Waals surface area contributed by atoms with Gasteiger partial charge in [-0.3, -0.25) is 9.59 Å². The summed E-state index contributed by atoms with van der Waals surface area (Å²) in [5.41, 5.74) is 1.40. The molecule has 0 bridgehead atoms. The maximum absolute atomic E-state index is 13.5. The summed E-state index contributed by atoms with van der Waals surface area (Å²) in [7, 11) is 0. The first kappa shape index (κ1) is 21.4. The first-order valence-corrected chi connectivity index (χ1v) is 11.2. The fourth-order valence-corrected chi connectivity index (χ4v) is 6.88. The van der Waals surface area contributed by atoms with Gasteiger partial charge >= 0.3 is 5.97 Å². The molecule has 0 aromatic carbocycles. The molecule has 2 fully saturated rings. The molecule has 2 saturated carbocycles. The largest absolute Gasteiger partial charge is 0.469 e. The van der Waals surface area contributed by atoms with E-state index in [0.29, 0.717) is 6.42 Å². The Bertz CT molecular complexity index is 874. The van der Waals surface area contributed by atoms with E-state index in [0.717, 1.165) is 36.2 Å². The van der Waals surface area contributed by atoms with Crippen LogP contribution in [0.25, 0.3) is 0 Å². The highest BCUT2D eigenvalue weighted by molar-refractivity contribution is 5.90. The summed E-state index contributed by atoms with van der Waals surface area (Å²) < 4.78 is 11.4. The van der Waals surface area contributed by atoms with Crippen molar-refractivity contribution in [2.75, 3.05) is 6.61 Å². The van der Waals surface area contributed by atoms with Crippen LogP contribution in [0.5, 0.6) is 0 Å². The van der Waals surface area contributed by atoms with Crippen LogP contribution in [-0.4, -0.2) is 29.6 Å². The number of ketones is 1. The second kappa shape index (κ2) is 7.37. The molecule has 6 atom stereocenters. The van der Waals surface area contributed by atoms with Gasteiger partial charge < -0.3 is 14.3 Å². The summed E-state index contributed by atoms with van der Waals surface area (Å²) in [6, 6.07) is 1.80. The maximum atomic E-state index is 13.5. The van der Waals surface area contributed by atoms with Gasteiger partial charge in [-0.05, 0) is 55.6 Å². The van der Waals surface area contributed by atoms with Crippen molar-refractivity contribution in [3.05, 3.63) is 35.3 Å². The first-order valence-electron chi connectivity index (χ1n) is 11.2. The van der Waals surface area contributed by atoms with Crippen LogP contribution in [0, 0.1) is 28.6 Å². The van der Waals surface area contributed by atoms with E-state index in [9.17, 15) is 14.7 Å². The number of carbonyl (C=O) groups excluding carboxylic acids is 2. The van der Waals surface area contributed by atoms with E-state index in [-0.39, 0.29) is 41.0 Å². The highest BCUT2D eigenvalue weighted by Gasteiger charge is 2.65. The van der Waals surface area contributed by atoms with Crippen molar-refractivity contribution >= 4 is 11.8 Å². The molecule has 0 amide bonds. The number of Topliss-reactive ketones (excluding diaryl/α,β-unsaturated/α-hetero) is 1. The summed E-state index contributed by atoms with van der Waals surface area (Å²) in [6.45, 7) is 10.6. The zero-order chi connectivity index (χ0) is 21.8. The molecule has 4 rings (SSSR count). The van der Waals surface area contributed by atoms with Crippen LogP contribution in [0.15, 0.2) is 28.4 Å². The lowest BCUT2D eigenvalue weighted by atomic mass is 9.42. The fourth-order valence-electron chi connectivity index (χ4n) is 6.88. The van der Waals surface area contributed by atoms with Gasteiger partial charge in [0.2, 0.25) is 0 Å². The summed E-state index contributed by atoms with van der Waals surface area (Å²) >= 11 is 0. The van der Waals surface area contributed by atoms with Gasteiger partial charge in [-0.25, -0.2) is 0 Å². The van der Waals surface area contributed by atoms with E-state index in [2.05, 4.69) is 20.8 Å². The third kappa shape index (κ3) is 3.17. The number of furan rings is 1. The summed E-state index contributed by atoms with van der Waals surface area (Å²) in [5.74, 6) is -1.05. The van der Waals surface area contributed by atoms with Crippen molar-refractivity contribution in [1.29, 1.82) is 0 Å². The number of rotatable bonds is 3. The molecule has 0 saturated heterocycles. The van der Waals surface area contributed by atoms with Crippen molar-refractivity contribution < 1.29 is 23.8 Å². The lowest BCUT2D eigenvalue weighted by Gasteiger charge is -2.61. The molecule has 3 aliphatic carbocycles. The molecule has 0 spiro atoms. The number of allylic oxidation sites excluding steroid dienone is 1. The van der Waals surface area contributed by atoms with Crippen LogP contribution in [0.1, 0.15) is 71.1 Å². The van der Waals surface area contributed by atoms with Crippen molar-refractivity contribution in [3.8, 4) is 0 Å². The molecule has 0 unspecified atom stereocenters. The molecule has 0 aliphatic heterocycles. The second-order valence-corrected chi connectivity index (χ2v) is 10.7. The second-order valence-electron chi connectivity index (χ2n) is 10.7. The molecule has 1 aromatic rings. The van der Waals surface area contributed by atoms with E-state index < -0.39 is 17.9 Å². The predicted octanol–water partition coefficient (Wildman–Crippen LogP) is 4.44. The third-order valence-corrected chi connectivity index (χ3v) is 8.11. The molecule has 5 heteroatoms. The number of hydrogen-bond donors (Lipinski definition) is 1. The zero-order valence-corrected chi connectivity index (χ0v) is 18.7. The molecule has 30 heavy (non-hydrogen) atoms. The molecule has 1 heterocycles. The SMILES string of the molecule is CC(C)=CCOC(=O)[C@@H]1c2ccoc2C[C@H]2[C@H]1[C@@H](O)C(=O)[C@H]1C(C)(C)CCC[C@]21C. The molecule has 5 nitrogen and oxygen atoms in total. The van der Waals surface area contributed by atoms with Gasteiger partial charge in [0, 0.05) is 23.8 Å². The number of esters is 1. The minimum atomic E-state index is -1.16. The van der Waals surface area contributed by atoms with Crippen LogP contribution in [0.4, 0.5) is 0 Å². The highest BCUT2D eigenvalue weighted by Crippen LogP contribution is 2.63. The Kier molecular flexibility index (Phi) is 5.24. The van der Waals surface area contributed by atoms with E-state index in [1.165, 1.54) is 0 Å². The van der Waals surface area contributed by atoms with Crippen molar-refractivity contribution in [2.24, 2.45) is 28.6 Å². The Morgan fingerprint density at radius 1 is 1.30 bits per heavy atom. The van der Waals surface area contributed by atoms with Crippen LogP contribution in [0.3, 0.4) is 0 Å². The monoisotopic (exact) mass is 414 g/mol. The number of hydrogen-bond acceptors (Lipinski definition) is 5. The van der Waals surface area contributed by atoms with Crippen LogP contribution >= 0.6 is 0 Å². The van der Waals surface area contributed by atoms with E-state index in [1.54, 1.807) is 12.3 Å². The normalized spacial score (nSPS) is 36.9. The molecular formula is C25H34O5. The van der Waals surface area contributed by atoms with Crippen molar-refractivity contribution in [3.63, 3.8) is 0 Å². The van der Waals surface area contributed by atoms with E-state index in [1.807, 2.05) is 19.9 Å². The fraction of sp³-hybridized carbons (Fsp3) is 0.680. The standard InChI is InChI=1S/C25H34O5/c1-14(2)7-11-30-23(28)18-15-8-12-29-17(15)13-16-19(18)20(26)21(27)22-24(3,4)9-6-10-25(16,22)5/h7-8,12,16,18-20,22,26H,6,9-11,13H2,1-5H3/t16-,18+,19+,20+,22-,25+/m0/s1. The average molecular weight is 415 g/mol. The number of fused-ring (bicyclic) bond motifs is 4. The van der Waals surface area contributed by atoms with Gasteiger partial charge in [0.05, 0.1) is 12.2 Å². The minimum Gasteiger partial charge on any atom is -0.469 e. The van der Waals surface area contributed by atoms with Crippen LogP contribution < -0.4 is 0 Å². The Hall–Kier alpha value is -1.88. The predicted molar refractivity (Wildman–Crippen MR) is 113 cm³/mol. The van der Waals surface area contributed by atoms with Gasteiger partial charge in [-0.2, -0.15) is 0 Å². The van der Waals surface area contributed by atoms with Gasteiger partial charge in [-0.15, -0.1) is 0 Å². The average Bonchev–Trinajstić information content (AvgIpc) is 3.12. The van der Waals surface area contributed by atoms with E-state index >= 15 is 0 Å². The number of aliphatic hydroxyl groups excluding tert-OH is 1. The third-order valence-electron chi connectivity index (χ3n) is 8.11. The lowest BCUT2D eigenvalue weighted by Crippen LogP contribution is -2.64. The number of aliphatic hydroxyl groups is 1. The Morgan fingerprint density at radius 3 is 2.73 bits per heavy atom. The Morgan fingerprint density at radius 2 is 2.03 bits per heavy atom. The number of carbonyl (C=O) groups is 2. The molecule has 1 aromatic heterocycles. The Balaban J connectivity index is 1.76. The van der Waals surface area contributed by atoms with Crippen LogP contribution in [-0.2, 0) is 20.7 Å². The lowest BCUT2D eigenvalue weighted by molar-refractivity contribution is -0.180. The molecular weight excluding hydrogens is 380 g/mol.